The maximum atomic E-state index is 11.5. The summed E-state index contributed by atoms with van der Waals surface area (Å²) in [7, 11) is 0. The predicted octanol–water partition coefficient (Wildman–Crippen LogP) is 1.60. The monoisotopic (exact) mass is 313 g/mol. The molecule has 1 heterocycles. The van der Waals surface area contributed by atoms with Crippen molar-refractivity contribution in [3.8, 4) is 0 Å². The van der Waals surface area contributed by atoms with Crippen molar-refractivity contribution < 1.29 is 19.4 Å². The van der Waals surface area contributed by atoms with Crippen molar-refractivity contribution >= 4 is 23.3 Å². The topological polar surface area (TPSA) is 101 Å². The summed E-state index contributed by atoms with van der Waals surface area (Å²) in [6.07, 6.45) is 5.03. The normalized spacial score (nSPS) is 15.0. The number of carboxylic acid groups (broad SMARTS) is 1. The first kappa shape index (κ1) is 15.7. The number of carbonyl (C=O) groups excluding carboxylic acids is 1. The second kappa shape index (κ2) is 7.94. The molecule has 2 rings (SSSR count). The predicted molar refractivity (Wildman–Crippen MR) is 77.5 cm³/mol. The van der Waals surface area contributed by atoms with E-state index in [0.29, 0.717) is 24.3 Å². The number of carboxylic acids is 1. The fourth-order valence-electron chi connectivity index (χ4n) is 2.15. The third-order valence-corrected chi connectivity index (χ3v) is 4.06. The lowest BCUT2D eigenvalue weighted by Gasteiger charge is -2.11. The highest BCUT2D eigenvalue weighted by atomic mass is 32.1. The molecule has 0 unspecified atom stereocenters. The van der Waals surface area contributed by atoms with Crippen LogP contribution in [0.2, 0.25) is 0 Å². The second-order valence-electron chi connectivity index (χ2n) is 4.82. The van der Waals surface area contributed by atoms with Crippen LogP contribution in [0.1, 0.15) is 41.2 Å². The minimum absolute atomic E-state index is 0.00201. The van der Waals surface area contributed by atoms with E-state index in [9.17, 15) is 9.59 Å². The summed E-state index contributed by atoms with van der Waals surface area (Å²) in [6, 6.07) is -0.308. The summed E-state index contributed by atoms with van der Waals surface area (Å²) in [6.45, 7) is 1.19. The molecule has 3 N–H and O–H groups in total. The molecule has 0 spiro atoms. The van der Waals surface area contributed by atoms with Gasteiger partial charge in [-0.3, -0.25) is 0 Å². The van der Waals surface area contributed by atoms with Gasteiger partial charge in [0.15, 0.2) is 5.69 Å². The van der Waals surface area contributed by atoms with Gasteiger partial charge >= 0.3 is 12.0 Å². The van der Waals surface area contributed by atoms with E-state index in [1.54, 1.807) is 0 Å². The average Bonchev–Trinajstić information content (AvgIpc) is 3.12. The molecule has 7 nitrogen and oxygen atoms in total. The quantitative estimate of drug-likeness (QED) is 0.664. The van der Waals surface area contributed by atoms with E-state index in [1.165, 1.54) is 29.6 Å². The molecule has 1 aromatic rings. The molecular formula is C13H19N3O4S. The van der Waals surface area contributed by atoms with Crippen molar-refractivity contribution in [1.82, 2.24) is 15.6 Å². The summed E-state index contributed by atoms with van der Waals surface area (Å²) < 4.78 is 5.63. The molecule has 8 heteroatoms. The zero-order valence-corrected chi connectivity index (χ0v) is 12.4. The van der Waals surface area contributed by atoms with Gasteiger partial charge in [0, 0.05) is 11.9 Å². The molecule has 1 saturated carbocycles. The van der Waals surface area contributed by atoms with Crippen molar-refractivity contribution in [2.45, 2.75) is 38.3 Å². The Morgan fingerprint density at radius 2 is 2.14 bits per heavy atom. The summed E-state index contributed by atoms with van der Waals surface area (Å²) in [4.78, 5) is 26.1. The van der Waals surface area contributed by atoms with E-state index in [-0.39, 0.29) is 18.3 Å². The highest BCUT2D eigenvalue weighted by Gasteiger charge is 2.14. The molecule has 21 heavy (non-hydrogen) atoms. The highest BCUT2D eigenvalue weighted by molar-refractivity contribution is 7.09. The lowest BCUT2D eigenvalue weighted by atomic mass is 10.3. The van der Waals surface area contributed by atoms with Crippen molar-refractivity contribution in [3.05, 3.63) is 16.1 Å². The number of hydrogen-bond donors (Lipinski definition) is 3. The van der Waals surface area contributed by atoms with Crippen molar-refractivity contribution in [3.63, 3.8) is 0 Å². The van der Waals surface area contributed by atoms with E-state index in [1.807, 2.05) is 0 Å². The van der Waals surface area contributed by atoms with Gasteiger partial charge in [0.1, 0.15) is 5.01 Å². The average molecular weight is 313 g/mol. The van der Waals surface area contributed by atoms with E-state index in [0.717, 1.165) is 12.8 Å². The van der Waals surface area contributed by atoms with Crippen molar-refractivity contribution in [2.75, 3.05) is 13.2 Å². The molecule has 1 aromatic heterocycles. The number of aromatic carboxylic acids is 1. The molecule has 0 saturated heterocycles. The fraction of sp³-hybridized carbons (Fsp3) is 0.615. The standard InChI is InChI=1S/C13H19N3O4S/c17-12(18)10-8-21-11(16-10)7-15-13(19)14-5-6-20-9-3-1-2-4-9/h8-9H,1-7H2,(H,17,18)(H2,14,15,19). The number of carbonyl (C=O) groups is 2. The zero-order valence-electron chi connectivity index (χ0n) is 11.6. The Morgan fingerprint density at radius 1 is 1.38 bits per heavy atom. The van der Waals surface area contributed by atoms with Gasteiger partial charge in [-0.1, -0.05) is 12.8 Å². The summed E-state index contributed by atoms with van der Waals surface area (Å²) in [5.41, 5.74) is 0.00201. The molecule has 1 aliphatic rings. The van der Waals surface area contributed by atoms with Gasteiger partial charge in [-0.05, 0) is 12.8 Å². The van der Waals surface area contributed by atoms with Gasteiger partial charge in [-0.15, -0.1) is 11.3 Å². The minimum atomic E-state index is -1.06. The lowest BCUT2D eigenvalue weighted by Crippen LogP contribution is -2.37. The Balaban J connectivity index is 1.57. The lowest BCUT2D eigenvalue weighted by molar-refractivity contribution is 0.0613. The Morgan fingerprint density at radius 3 is 2.81 bits per heavy atom. The van der Waals surface area contributed by atoms with Gasteiger partial charge in [0.2, 0.25) is 0 Å². The molecule has 0 atom stereocenters. The number of amides is 2. The van der Waals surface area contributed by atoms with E-state index < -0.39 is 5.97 Å². The number of aromatic nitrogens is 1. The van der Waals surface area contributed by atoms with E-state index >= 15 is 0 Å². The second-order valence-corrected chi connectivity index (χ2v) is 5.76. The number of hydrogen-bond acceptors (Lipinski definition) is 5. The Labute approximate surface area is 126 Å². The zero-order chi connectivity index (χ0) is 15.1. The summed E-state index contributed by atoms with van der Waals surface area (Å²) in [5.74, 6) is -1.06. The van der Waals surface area contributed by atoms with Crippen LogP contribution < -0.4 is 10.6 Å². The number of ether oxygens (including phenoxy) is 1. The van der Waals surface area contributed by atoms with Crippen LogP contribution in [0, 0.1) is 0 Å². The number of thiazole rings is 1. The molecule has 1 fully saturated rings. The third kappa shape index (κ3) is 5.31. The molecule has 0 radical (unpaired) electrons. The SMILES string of the molecule is O=C(NCCOC1CCCC1)NCc1nc(C(=O)O)cs1. The molecule has 0 bridgehead atoms. The van der Waals surface area contributed by atoms with Crippen molar-refractivity contribution in [2.24, 2.45) is 0 Å². The number of rotatable bonds is 7. The molecule has 2 amide bonds. The first-order chi connectivity index (χ1) is 10.1. The smallest absolute Gasteiger partial charge is 0.355 e. The number of urea groups is 1. The van der Waals surface area contributed by atoms with E-state index in [4.69, 9.17) is 9.84 Å². The first-order valence-electron chi connectivity index (χ1n) is 6.96. The van der Waals surface area contributed by atoms with Crippen LogP contribution in [0.5, 0.6) is 0 Å². The fourth-order valence-corrected chi connectivity index (χ4v) is 2.86. The van der Waals surface area contributed by atoms with Crippen molar-refractivity contribution in [1.29, 1.82) is 0 Å². The van der Waals surface area contributed by atoms with Crippen LogP contribution in [-0.4, -0.2) is 41.3 Å². The summed E-state index contributed by atoms with van der Waals surface area (Å²) >= 11 is 1.21. The highest BCUT2D eigenvalue weighted by Crippen LogP contribution is 2.20. The van der Waals surface area contributed by atoms with Crippen LogP contribution in [0.4, 0.5) is 4.79 Å². The molecule has 116 valence electrons. The van der Waals surface area contributed by atoms with E-state index in [2.05, 4.69) is 15.6 Å². The molecule has 0 aromatic carbocycles. The van der Waals surface area contributed by atoms with Crippen LogP contribution >= 0.6 is 11.3 Å². The molecular weight excluding hydrogens is 294 g/mol. The summed E-state index contributed by atoms with van der Waals surface area (Å²) in [5, 5.41) is 16.1. The number of nitrogens with zero attached hydrogens (tertiary/aromatic N) is 1. The third-order valence-electron chi connectivity index (χ3n) is 3.21. The van der Waals surface area contributed by atoms with Gasteiger partial charge in [0.05, 0.1) is 19.3 Å². The number of nitrogens with one attached hydrogen (secondary N) is 2. The Kier molecular flexibility index (Phi) is 5.94. The Hall–Kier alpha value is -1.67. The maximum absolute atomic E-state index is 11.5. The van der Waals surface area contributed by atoms with Crippen LogP contribution in [0.15, 0.2) is 5.38 Å². The minimum Gasteiger partial charge on any atom is -0.476 e. The van der Waals surface area contributed by atoms with Crippen LogP contribution in [0.3, 0.4) is 0 Å². The first-order valence-corrected chi connectivity index (χ1v) is 7.84. The van der Waals surface area contributed by atoms with Gasteiger partial charge in [-0.2, -0.15) is 0 Å². The van der Waals surface area contributed by atoms with Crippen LogP contribution in [0.25, 0.3) is 0 Å². The maximum Gasteiger partial charge on any atom is 0.355 e. The van der Waals surface area contributed by atoms with Gasteiger partial charge < -0.3 is 20.5 Å². The van der Waals surface area contributed by atoms with Gasteiger partial charge in [0.25, 0.3) is 0 Å². The largest absolute Gasteiger partial charge is 0.476 e. The van der Waals surface area contributed by atoms with Crippen LogP contribution in [-0.2, 0) is 11.3 Å². The van der Waals surface area contributed by atoms with Gasteiger partial charge in [-0.25, -0.2) is 14.6 Å². The molecule has 1 aliphatic carbocycles. The Bertz CT molecular complexity index is 486. The molecule has 0 aliphatic heterocycles.